The maximum absolute atomic E-state index is 13.4. The van der Waals surface area contributed by atoms with E-state index in [9.17, 15) is 18.4 Å². The van der Waals surface area contributed by atoms with Crippen LogP contribution in [-0.4, -0.2) is 38.1 Å². The molecule has 0 spiro atoms. The molecule has 0 radical (unpaired) electrons. The van der Waals surface area contributed by atoms with E-state index in [0.717, 1.165) is 18.9 Å². The van der Waals surface area contributed by atoms with Crippen LogP contribution in [0.1, 0.15) is 28.8 Å². The molecule has 2 amide bonds. The van der Waals surface area contributed by atoms with Crippen LogP contribution in [0.4, 0.5) is 20.2 Å². The zero-order valence-corrected chi connectivity index (χ0v) is 16.4. The molecule has 2 aliphatic rings. The van der Waals surface area contributed by atoms with Gasteiger partial charge in [-0.1, -0.05) is 0 Å². The zero-order valence-electron chi connectivity index (χ0n) is 16.4. The average Bonchev–Trinajstić information content (AvgIpc) is 3.57. The molecule has 0 unspecified atom stereocenters. The first-order valence-electron chi connectivity index (χ1n) is 10.0. The summed E-state index contributed by atoms with van der Waals surface area (Å²) in [6, 6.07) is 8.31. The predicted molar refractivity (Wildman–Crippen MR) is 108 cm³/mol. The van der Waals surface area contributed by atoms with Crippen LogP contribution in [0, 0.1) is 17.6 Å². The van der Waals surface area contributed by atoms with E-state index in [4.69, 9.17) is 4.74 Å². The summed E-state index contributed by atoms with van der Waals surface area (Å²) in [4.78, 5) is 27.0. The molecule has 6 nitrogen and oxygen atoms in total. The molecule has 2 N–H and O–H groups in total. The normalized spacial score (nSPS) is 16.3. The first kappa shape index (κ1) is 20.3. The van der Waals surface area contributed by atoms with Crippen LogP contribution in [0.3, 0.4) is 0 Å². The highest BCUT2D eigenvalue weighted by Gasteiger charge is 2.30. The number of nitrogens with zero attached hydrogens (tertiary/aromatic N) is 1. The maximum Gasteiger partial charge on any atom is 0.253 e. The van der Waals surface area contributed by atoms with Gasteiger partial charge in [0.1, 0.15) is 11.6 Å². The lowest BCUT2D eigenvalue weighted by atomic mass is 10.1. The van der Waals surface area contributed by atoms with Gasteiger partial charge in [0.2, 0.25) is 5.91 Å². The number of benzene rings is 2. The minimum Gasteiger partial charge on any atom is -0.378 e. The Bertz CT molecular complexity index is 936. The number of carbonyl (C=O) groups excluding carboxylic acids is 2. The van der Waals surface area contributed by atoms with Crippen molar-refractivity contribution < 1.29 is 23.1 Å². The molecule has 0 bridgehead atoms. The summed E-state index contributed by atoms with van der Waals surface area (Å²) in [5.41, 5.74) is 2.09. The minimum atomic E-state index is -0.691. The van der Waals surface area contributed by atoms with E-state index in [1.807, 2.05) is 4.90 Å². The Balaban J connectivity index is 1.53. The smallest absolute Gasteiger partial charge is 0.253 e. The van der Waals surface area contributed by atoms with Crippen molar-refractivity contribution in [2.45, 2.75) is 19.4 Å². The molecule has 2 aromatic rings. The molecule has 8 heteroatoms. The fourth-order valence-corrected chi connectivity index (χ4v) is 3.45. The number of ether oxygens (including phenoxy) is 1. The number of rotatable bonds is 6. The molecule has 1 saturated carbocycles. The number of anilines is 2. The number of hydrogen-bond donors (Lipinski definition) is 2. The summed E-state index contributed by atoms with van der Waals surface area (Å²) in [6.45, 7) is 2.33. The number of morpholine rings is 1. The molecule has 1 aliphatic heterocycles. The van der Waals surface area contributed by atoms with Crippen molar-refractivity contribution in [3.8, 4) is 0 Å². The third-order valence-electron chi connectivity index (χ3n) is 5.19. The second kappa shape index (κ2) is 8.79. The van der Waals surface area contributed by atoms with Crippen molar-refractivity contribution in [2.24, 2.45) is 5.92 Å². The second-order valence-electron chi connectivity index (χ2n) is 7.56. The molecule has 158 valence electrons. The molecule has 0 atom stereocenters. The first-order valence-corrected chi connectivity index (χ1v) is 10.0. The minimum absolute atomic E-state index is 0.00374. The van der Waals surface area contributed by atoms with Crippen molar-refractivity contribution in [2.75, 3.05) is 36.5 Å². The van der Waals surface area contributed by atoms with E-state index in [1.54, 1.807) is 18.2 Å². The largest absolute Gasteiger partial charge is 0.378 e. The molecule has 1 saturated heterocycles. The summed E-state index contributed by atoms with van der Waals surface area (Å²) in [5, 5.41) is 5.63. The number of hydrogen-bond acceptors (Lipinski definition) is 4. The van der Waals surface area contributed by atoms with Gasteiger partial charge in [0, 0.05) is 37.3 Å². The van der Waals surface area contributed by atoms with Crippen LogP contribution < -0.4 is 15.5 Å². The quantitative estimate of drug-likeness (QED) is 0.761. The van der Waals surface area contributed by atoms with Crippen molar-refractivity contribution in [1.82, 2.24) is 5.32 Å². The summed E-state index contributed by atoms with van der Waals surface area (Å²) >= 11 is 0. The van der Waals surface area contributed by atoms with Gasteiger partial charge in [0.15, 0.2) is 0 Å². The van der Waals surface area contributed by atoms with Crippen LogP contribution in [0.5, 0.6) is 0 Å². The fraction of sp³-hybridized carbons (Fsp3) is 0.364. The van der Waals surface area contributed by atoms with Crippen molar-refractivity contribution in [1.29, 1.82) is 0 Å². The van der Waals surface area contributed by atoms with Crippen molar-refractivity contribution in [3.63, 3.8) is 0 Å². The molecular weight excluding hydrogens is 392 g/mol. The molecular formula is C22H23F2N3O3. The summed E-state index contributed by atoms with van der Waals surface area (Å²) in [5.74, 6) is -1.67. The Morgan fingerprint density at radius 2 is 1.73 bits per heavy atom. The van der Waals surface area contributed by atoms with Crippen LogP contribution in [0.15, 0.2) is 36.4 Å². The van der Waals surface area contributed by atoms with Gasteiger partial charge in [-0.25, -0.2) is 8.78 Å². The molecule has 2 aromatic carbocycles. The summed E-state index contributed by atoms with van der Waals surface area (Å²) < 4.78 is 32.2. The Labute approximate surface area is 173 Å². The van der Waals surface area contributed by atoms with E-state index < -0.39 is 11.6 Å². The average molecular weight is 415 g/mol. The maximum atomic E-state index is 13.4. The number of amides is 2. The standard InChI is InChI=1S/C22H23F2N3O3/c23-16-9-14(10-17(24)11-16)13-25-22(29)19-4-3-18(26-21(28)15-1-2-15)12-20(19)27-5-7-30-8-6-27/h3-4,9-12,15H,1-2,5-8,13H2,(H,25,29)(H,26,28). The molecule has 4 rings (SSSR count). The van der Waals surface area contributed by atoms with Gasteiger partial charge in [-0.3, -0.25) is 9.59 Å². The predicted octanol–water partition coefficient (Wildman–Crippen LogP) is 3.08. The fourth-order valence-electron chi connectivity index (χ4n) is 3.45. The van der Waals surface area contributed by atoms with Crippen LogP contribution in [-0.2, 0) is 16.1 Å². The van der Waals surface area contributed by atoms with Gasteiger partial charge in [0.05, 0.1) is 24.5 Å². The van der Waals surface area contributed by atoms with Crippen LogP contribution >= 0.6 is 0 Å². The van der Waals surface area contributed by atoms with E-state index in [2.05, 4.69) is 10.6 Å². The molecule has 30 heavy (non-hydrogen) atoms. The summed E-state index contributed by atoms with van der Waals surface area (Å²) in [7, 11) is 0. The lowest BCUT2D eigenvalue weighted by molar-refractivity contribution is -0.117. The Kier molecular flexibility index (Phi) is 5.94. The molecule has 2 fully saturated rings. The van der Waals surface area contributed by atoms with Gasteiger partial charge >= 0.3 is 0 Å². The molecule has 1 aliphatic carbocycles. The molecule has 0 aromatic heterocycles. The van der Waals surface area contributed by atoms with Crippen LogP contribution in [0.2, 0.25) is 0 Å². The first-order chi connectivity index (χ1) is 14.5. The topological polar surface area (TPSA) is 70.7 Å². The highest BCUT2D eigenvalue weighted by molar-refractivity contribution is 6.02. The third-order valence-corrected chi connectivity index (χ3v) is 5.19. The van der Waals surface area contributed by atoms with Crippen LogP contribution in [0.25, 0.3) is 0 Å². The second-order valence-corrected chi connectivity index (χ2v) is 7.56. The Hall–Kier alpha value is -3.00. The Morgan fingerprint density at radius 1 is 1.03 bits per heavy atom. The monoisotopic (exact) mass is 415 g/mol. The van der Waals surface area contributed by atoms with Gasteiger partial charge in [-0.15, -0.1) is 0 Å². The van der Waals surface area contributed by atoms with E-state index in [1.165, 1.54) is 12.1 Å². The van der Waals surface area contributed by atoms with Crippen molar-refractivity contribution in [3.05, 3.63) is 59.2 Å². The Morgan fingerprint density at radius 3 is 2.40 bits per heavy atom. The SMILES string of the molecule is O=C(NCc1cc(F)cc(F)c1)c1ccc(NC(=O)C2CC2)cc1N1CCOCC1. The van der Waals surface area contributed by atoms with E-state index in [-0.39, 0.29) is 24.3 Å². The lowest BCUT2D eigenvalue weighted by Crippen LogP contribution is -2.38. The van der Waals surface area contributed by atoms with Gasteiger partial charge in [-0.2, -0.15) is 0 Å². The number of halogens is 2. The van der Waals surface area contributed by atoms with Crippen molar-refractivity contribution >= 4 is 23.2 Å². The highest BCUT2D eigenvalue weighted by Crippen LogP contribution is 2.31. The zero-order chi connectivity index (χ0) is 21.1. The highest BCUT2D eigenvalue weighted by atomic mass is 19.1. The summed E-state index contributed by atoms with van der Waals surface area (Å²) in [6.07, 6.45) is 1.81. The van der Waals surface area contributed by atoms with E-state index in [0.29, 0.717) is 48.8 Å². The lowest BCUT2D eigenvalue weighted by Gasteiger charge is -2.30. The number of nitrogens with one attached hydrogen (secondary N) is 2. The van der Waals surface area contributed by atoms with Gasteiger partial charge < -0.3 is 20.3 Å². The van der Waals surface area contributed by atoms with Gasteiger partial charge in [-0.05, 0) is 48.7 Å². The number of carbonyl (C=O) groups is 2. The van der Waals surface area contributed by atoms with E-state index >= 15 is 0 Å². The molecule has 1 heterocycles. The van der Waals surface area contributed by atoms with Gasteiger partial charge in [0.25, 0.3) is 5.91 Å². The third kappa shape index (κ3) is 4.94.